The minimum absolute atomic E-state index is 0.0393. The van der Waals surface area contributed by atoms with Crippen molar-refractivity contribution in [2.75, 3.05) is 34.4 Å². The normalized spacial score (nSPS) is 38.1. The van der Waals surface area contributed by atoms with Crippen LogP contribution in [-0.4, -0.2) is 74.8 Å². The first-order valence-electron chi connectivity index (χ1n) is 13.4. The number of likely N-dealkylation sites (N-methyl/N-ethyl adjacent to an activating group) is 1. The molecule has 37 heavy (non-hydrogen) atoms. The van der Waals surface area contributed by atoms with E-state index in [2.05, 4.69) is 37.2 Å². The number of nitrogens with zero attached hydrogens (tertiary/aromatic N) is 1. The Balaban J connectivity index is 0.000000206. The van der Waals surface area contributed by atoms with Crippen molar-refractivity contribution < 1.29 is 28.7 Å². The van der Waals surface area contributed by atoms with Gasteiger partial charge in [0.1, 0.15) is 0 Å². The molecule has 4 rings (SSSR count). The van der Waals surface area contributed by atoms with Gasteiger partial charge in [0.25, 0.3) is 0 Å². The molecule has 8 heteroatoms. The van der Waals surface area contributed by atoms with Gasteiger partial charge in [0.05, 0.1) is 37.1 Å². The van der Waals surface area contributed by atoms with Crippen LogP contribution < -0.4 is 5.32 Å². The van der Waals surface area contributed by atoms with Crippen LogP contribution in [-0.2, 0) is 28.7 Å². The van der Waals surface area contributed by atoms with Gasteiger partial charge in [-0.25, -0.2) is 0 Å². The average Bonchev–Trinajstić information content (AvgIpc) is 3.67. The highest BCUT2D eigenvalue weighted by atomic mass is 16.5. The largest absolute Gasteiger partial charge is 0.469 e. The number of methoxy groups -OCH3 is 2. The third-order valence-corrected chi connectivity index (χ3v) is 8.87. The minimum Gasteiger partial charge on any atom is -0.469 e. The monoisotopic (exact) mass is 516 g/mol. The molecule has 2 heterocycles. The number of ether oxygens (including phenoxy) is 2. The minimum atomic E-state index is -0.625. The highest BCUT2D eigenvalue weighted by Crippen LogP contribution is 2.58. The zero-order valence-corrected chi connectivity index (χ0v) is 23.1. The van der Waals surface area contributed by atoms with Crippen LogP contribution in [0.1, 0.15) is 52.4 Å². The van der Waals surface area contributed by atoms with Gasteiger partial charge in [-0.2, -0.15) is 0 Å². The fraction of sp³-hybridized carbons (Fsp3) is 0.724. The Hall–Kier alpha value is -2.32. The van der Waals surface area contributed by atoms with Gasteiger partial charge in [0.2, 0.25) is 0 Å². The first-order chi connectivity index (χ1) is 17.5. The van der Waals surface area contributed by atoms with Gasteiger partial charge in [-0.15, -0.1) is 13.2 Å². The van der Waals surface area contributed by atoms with E-state index in [1.165, 1.54) is 14.2 Å². The second-order valence-electron chi connectivity index (χ2n) is 11.8. The smallest absolute Gasteiger partial charge is 0.312 e. The number of esters is 2. The van der Waals surface area contributed by atoms with Crippen molar-refractivity contribution in [3.63, 3.8) is 0 Å². The third kappa shape index (κ3) is 6.06. The number of hydrogen-bond acceptors (Lipinski definition) is 8. The molecule has 2 aliphatic carbocycles. The summed E-state index contributed by atoms with van der Waals surface area (Å²) in [7, 11) is 4.74. The fourth-order valence-electron chi connectivity index (χ4n) is 6.36. The number of rotatable bonds is 10. The topological polar surface area (TPSA) is 102 Å². The fourth-order valence-corrected chi connectivity index (χ4v) is 6.36. The Bertz CT molecular complexity index is 933. The van der Waals surface area contributed by atoms with Crippen LogP contribution >= 0.6 is 0 Å². The van der Waals surface area contributed by atoms with Crippen molar-refractivity contribution in [1.29, 1.82) is 0 Å². The highest BCUT2D eigenvalue weighted by Gasteiger charge is 2.61. The number of carbonyl (C=O) groups excluding carboxylic acids is 4. The molecule has 2 saturated carbocycles. The lowest BCUT2D eigenvalue weighted by Gasteiger charge is -2.21. The Kier molecular flexibility index (Phi) is 9.17. The second-order valence-corrected chi connectivity index (χ2v) is 11.8. The number of allylic oxidation sites excluding steroid dienone is 2. The Morgan fingerprint density at radius 1 is 0.892 bits per heavy atom. The van der Waals surface area contributed by atoms with Gasteiger partial charge < -0.3 is 14.8 Å². The van der Waals surface area contributed by atoms with Gasteiger partial charge in [0.15, 0.2) is 11.6 Å². The first kappa shape index (κ1) is 29.2. The van der Waals surface area contributed by atoms with Crippen molar-refractivity contribution in [3.8, 4) is 0 Å². The summed E-state index contributed by atoms with van der Waals surface area (Å²) in [4.78, 5) is 50.5. The summed E-state index contributed by atoms with van der Waals surface area (Å²) in [6, 6.07) is -0.129. The molecular formula is C29H44N2O6. The van der Waals surface area contributed by atoms with Crippen LogP contribution in [0.3, 0.4) is 0 Å². The Morgan fingerprint density at radius 3 is 1.76 bits per heavy atom. The van der Waals surface area contributed by atoms with Crippen molar-refractivity contribution in [2.45, 2.75) is 64.5 Å². The number of Topliss-reactive ketones (excluding diaryl/α,β-unsaturated/α-hetero) is 2. The molecule has 1 N–H and O–H groups in total. The quantitative estimate of drug-likeness (QED) is 0.349. The summed E-state index contributed by atoms with van der Waals surface area (Å²) in [5, 5.41) is 3.22. The molecular weight excluding hydrogens is 472 g/mol. The Labute approximate surface area is 221 Å². The number of ketones is 2. The predicted octanol–water partition coefficient (Wildman–Crippen LogP) is 2.96. The van der Waals surface area contributed by atoms with E-state index in [1.54, 1.807) is 12.2 Å². The van der Waals surface area contributed by atoms with Gasteiger partial charge >= 0.3 is 11.9 Å². The summed E-state index contributed by atoms with van der Waals surface area (Å²) in [5.74, 6) is 1.02. The van der Waals surface area contributed by atoms with Crippen LogP contribution in [0.15, 0.2) is 25.3 Å². The molecule has 0 aromatic heterocycles. The maximum atomic E-state index is 12.5. The van der Waals surface area contributed by atoms with E-state index in [0.717, 1.165) is 25.9 Å². The Morgan fingerprint density at radius 2 is 1.41 bits per heavy atom. The number of hydrogen-bond donors (Lipinski definition) is 1. The lowest BCUT2D eigenvalue weighted by molar-refractivity contribution is -0.150. The molecule has 2 saturated heterocycles. The van der Waals surface area contributed by atoms with Crippen LogP contribution in [0.2, 0.25) is 0 Å². The summed E-state index contributed by atoms with van der Waals surface area (Å²) >= 11 is 0. The summed E-state index contributed by atoms with van der Waals surface area (Å²) in [6.45, 7) is 13.6. The predicted molar refractivity (Wildman–Crippen MR) is 141 cm³/mol. The van der Waals surface area contributed by atoms with Crippen LogP contribution in [0, 0.1) is 34.5 Å². The molecule has 4 aliphatic rings. The summed E-state index contributed by atoms with van der Waals surface area (Å²) in [5.41, 5.74) is -1.25. The molecule has 206 valence electrons. The summed E-state index contributed by atoms with van der Waals surface area (Å²) < 4.78 is 9.70. The molecule has 8 unspecified atom stereocenters. The molecule has 0 aromatic rings. The molecule has 0 radical (unpaired) electrons. The van der Waals surface area contributed by atoms with Crippen molar-refractivity contribution in [3.05, 3.63) is 25.3 Å². The standard InChI is InChI=1S/C15H23NO3.C14H21NO3/c1-5-11-7-15(11,14(18)19-4)8-13(17)12-6-10(2)9-16(12)3;1-4-10-6-14(10,13(17)18-3)7-12(16)11-5-9(2)8-15-11/h5,10-12H,1,6-9H2,2-4H3;4,9-11,15H,1,5-8H2,2-3H3. The van der Waals surface area contributed by atoms with Gasteiger partial charge in [-0.3, -0.25) is 24.1 Å². The van der Waals surface area contributed by atoms with Crippen LogP contribution in [0.25, 0.3) is 0 Å². The van der Waals surface area contributed by atoms with Crippen molar-refractivity contribution >= 4 is 23.5 Å². The molecule has 8 nitrogen and oxygen atoms in total. The van der Waals surface area contributed by atoms with Gasteiger partial charge in [-0.05, 0) is 62.9 Å². The molecule has 0 bridgehead atoms. The molecule has 0 aromatic carbocycles. The molecule has 4 fully saturated rings. The van der Waals surface area contributed by atoms with E-state index in [0.29, 0.717) is 24.7 Å². The lowest BCUT2D eigenvalue weighted by Crippen LogP contribution is -2.36. The van der Waals surface area contributed by atoms with Crippen molar-refractivity contribution in [2.24, 2.45) is 34.5 Å². The zero-order valence-electron chi connectivity index (χ0n) is 23.1. The lowest BCUT2D eigenvalue weighted by atomic mass is 9.91. The van der Waals surface area contributed by atoms with Gasteiger partial charge in [0, 0.05) is 19.4 Å². The maximum absolute atomic E-state index is 12.5. The molecule has 2 aliphatic heterocycles. The third-order valence-electron chi connectivity index (χ3n) is 8.87. The SMILES string of the molecule is C=CC1CC1(CC(=O)C1CC(C)CN1)C(=O)OC.C=CC1CC1(CC(=O)C1CC(C)CN1C)C(=O)OC. The zero-order chi connectivity index (χ0) is 27.5. The van der Waals surface area contributed by atoms with Crippen LogP contribution in [0.4, 0.5) is 0 Å². The molecule has 8 atom stereocenters. The van der Waals surface area contributed by atoms with E-state index in [-0.39, 0.29) is 60.3 Å². The van der Waals surface area contributed by atoms with E-state index in [1.807, 2.05) is 7.05 Å². The second kappa shape index (κ2) is 11.6. The molecule has 0 spiro atoms. The summed E-state index contributed by atoms with van der Waals surface area (Å²) in [6.07, 6.45) is 7.25. The molecule has 0 amide bonds. The highest BCUT2D eigenvalue weighted by molar-refractivity contribution is 5.93. The van der Waals surface area contributed by atoms with E-state index in [4.69, 9.17) is 9.47 Å². The number of carbonyl (C=O) groups is 4. The van der Waals surface area contributed by atoms with E-state index >= 15 is 0 Å². The van der Waals surface area contributed by atoms with Crippen LogP contribution in [0.5, 0.6) is 0 Å². The average molecular weight is 517 g/mol. The van der Waals surface area contributed by atoms with E-state index in [9.17, 15) is 19.2 Å². The number of nitrogens with one attached hydrogen (secondary N) is 1. The van der Waals surface area contributed by atoms with Gasteiger partial charge in [-0.1, -0.05) is 26.0 Å². The van der Waals surface area contributed by atoms with E-state index < -0.39 is 10.8 Å². The number of likely N-dealkylation sites (tertiary alicyclic amines) is 1. The van der Waals surface area contributed by atoms with Crippen molar-refractivity contribution in [1.82, 2.24) is 10.2 Å². The maximum Gasteiger partial charge on any atom is 0.312 e. The first-order valence-corrected chi connectivity index (χ1v) is 13.4.